The number of hydrogen-bond donors (Lipinski definition) is 1. The van der Waals surface area contributed by atoms with Crippen molar-refractivity contribution in [1.82, 2.24) is 5.32 Å². The minimum atomic E-state index is -4.20. The SMILES string of the molecule is CCC1=CNCC=C1C(F)(F)F. The lowest BCUT2D eigenvalue weighted by atomic mass is 10.0. The molecule has 1 rings (SSSR count). The average molecular weight is 177 g/mol. The van der Waals surface area contributed by atoms with Gasteiger partial charge in [0.15, 0.2) is 0 Å². The molecule has 12 heavy (non-hydrogen) atoms. The van der Waals surface area contributed by atoms with Crippen LogP contribution in [-0.2, 0) is 0 Å². The van der Waals surface area contributed by atoms with Crippen LogP contribution in [0, 0.1) is 0 Å². The van der Waals surface area contributed by atoms with E-state index >= 15 is 0 Å². The highest BCUT2D eigenvalue weighted by Gasteiger charge is 2.35. The lowest BCUT2D eigenvalue weighted by Crippen LogP contribution is -2.21. The summed E-state index contributed by atoms with van der Waals surface area (Å²) in [5.41, 5.74) is -0.169. The Hall–Kier alpha value is -0.930. The van der Waals surface area contributed by atoms with Crippen LogP contribution in [0.2, 0.25) is 0 Å². The lowest BCUT2D eigenvalue weighted by molar-refractivity contribution is -0.0899. The molecule has 68 valence electrons. The van der Waals surface area contributed by atoms with Crippen molar-refractivity contribution in [3.05, 3.63) is 23.4 Å². The topological polar surface area (TPSA) is 12.0 Å². The summed E-state index contributed by atoms with van der Waals surface area (Å²) in [6, 6.07) is 0. The number of alkyl halides is 3. The molecule has 0 saturated heterocycles. The molecule has 1 aliphatic heterocycles. The molecule has 0 radical (unpaired) electrons. The second-order valence-electron chi connectivity index (χ2n) is 2.55. The van der Waals surface area contributed by atoms with Crippen molar-refractivity contribution < 1.29 is 13.2 Å². The van der Waals surface area contributed by atoms with E-state index in [1.165, 1.54) is 12.3 Å². The van der Waals surface area contributed by atoms with E-state index in [0.29, 0.717) is 12.0 Å². The Balaban J connectivity index is 2.88. The molecule has 0 bridgehead atoms. The molecule has 0 fully saturated rings. The molecule has 0 aromatic heterocycles. The third kappa shape index (κ3) is 1.81. The van der Waals surface area contributed by atoms with E-state index in [1.807, 2.05) is 0 Å². The van der Waals surface area contributed by atoms with Crippen LogP contribution in [0.4, 0.5) is 13.2 Å². The van der Waals surface area contributed by atoms with E-state index in [0.717, 1.165) is 0 Å². The Bertz CT molecular complexity index is 225. The minimum Gasteiger partial charge on any atom is -0.387 e. The predicted octanol–water partition coefficient (Wildman–Crippen LogP) is 2.37. The normalized spacial score (nSPS) is 18.0. The first-order valence-corrected chi connectivity index (χ1v) is 3.76. The molecule has 4 heteroatoms. The first-order chi connectivity index (χ1) is 5.55. The maximum Gasteiger partial charge on any atom is 0.416 e. The highest BCUT2D eigenvalue weighted by atomic mass is 19.4. The number of rotatable bonds is 1. The summed E-state index contributed by atoms with van der Waals surface area (Å²) in [6.45, 7) is 1.97. The van der Waals surface area contributed by atoms with Gasteiger partial charge in [-0.15, -0.1) is 0 Å². The Morgan fingerprint density at radius 2 is 2.17 bits per heavy atom. The Labute approximate surface area is 69.0 Å². The summed E-state index contributed by atoms with van der Waals surface area (Å²) in [6.07, 6.45) is -1.19. The molecule has 0 spiro atoms. The van der Waals surface area contributed by atoms with Crippen LogP contribution >= 0.6 is 0 Å². The van der Waals surface area contributed by atoms with Crippen molar-refractivity contribution >= 4 is 0 Å². The van der Waals surface area contributed by atoms with Crippen LogP contribution in [0.3, 0.4) is 0 Å². The quantitative estimate of drug-likeness (QED) is 0.648. The number of nitrogens with one attached hydrogen (secondary N) is 1. The first kappa shape index (κ1) is 9.16. The number of dihydropyridines is 1. The van der Waals surface area contributed by atoms with E-state index in [2.05, 4.69) is 5.32 Å². The van der Waals surface area contributed by atoms with Gasteiger partial charge < -0.3 is 5.32 Å². The lowest BCUT2D eigenvalue weighted by Gasteiger charge is -2.18. The fourth-order valence-electron chi connectivity index (χ4n) is 1.14. The van der Waals surface area contributed by atoms with Gasteiger partial charge in [0.1, 0.15) is 0 Å². The molecular formula is C8H10F3N. The summed E-state index contributed by atoms with van der Waals surface area (Å²) in [4.78, 5) is 0. The number of hydrogen-bond acceptors (Lipinski definition) is 1. The van der Waals surface area contributed by atoms with Crippen molar-refractivity contribution in [1.29, 1.82) is 0 Å². The van der Waals surface area contributed by atoms with E-state index in [9.17, 15) is 13.2 Å². The summed E-state index contributed by atoms with van der Waals surface area (Å²) in [5, 5.41) is 2.75. The van der Waals surface area contributed by atoms with Crippen molar-refractivity contribution in [3.63, 3.8) is 0 Å². The Kier molecular flexibility index (Phi) is 2.45. The van der Waals surface area contributed by atoms with Crippen LogP contribution in [0.1, 0.15) is 13.3 Å². The van der Waals surface area contributed by atoms with Gasteiger partial charge >= 0.3 is 6.18 Å². The van der Waals surface area contributed by atoms with Gasteiger partial charge in [-0.05, 0) is 12.0 Å². The third-order valence-electron chi connectivity index (χ3n) is 1.73. The zero-order valence-electron chi connectivity index (χ0n) is 6.70. The maximum absolute atomic E-state index is 12.2. The minimum absolute atomic E-state index is 0.262. The summed E-state index contributed by atoms with van der Waals surface area (Å²) < 4.78 is 36.7. The maximum atomic E-state index is 12.2. The fraction of sp³-hybridized carbons (Fsp3) is 0.500. The fourth-order valence-corrected chi connectivity index (χ4v) is 1.14. The molecule has 0 unspecified atom stereocenters. The van der Waals surface area contributed by atoms with Gasteiger partial charge in [0.25, 0.3) is 0 Å². The highest BCUT2D eigenvalue weighted by Crippen LogP contribution is 2.33. The van der Waals surface area contributed by atoms with Gasteiger partial charge in [0, 0.05) is 12.7 Å². The predicted molar refractivity (Wildman–Crippen MR) is 40.5 cm³/mol. The standard InChI is InChI=1S/C8H10F3N/c1-2-6-5-12-4-3-7(6)8(9,10)11/h3,5,12H,2,4H2,1H3. The average Bonchev–Trinajstić information content (AvgIpc) is 2.03. The third-order valence-corrected chi connectivity index (χ3v) is 1.73. The Morgan fingerprint density at radius 1 is 1.50 bits per heavy atom. The smallest absolute Gasteiger partial charge is 0.387 e. The number of allylic oxidation sites excluding steroid dienone is 2. The zero-order valence-corrected chi connectivity index (χ0v) is 6.70. The molecule has 0 aliphatic carbocycles. The van der Waals surface area contributed by atoms with Crippen molar-refractivity contribution in [2.75, 3.05) is 6.54 Å². The van der Waals surface area contributed by atoms with Crippen molar-refractivity contribution in [2.45, 2.75) is 19.5 Å². The molecule has 0 atom stereocenters. The molecule has 0 amide bonds. The monoisotopic (exact) mass is 177 g/mol. The summed E-state index contributed by atoms with van der Waals surface area (Å²) >= 11 is 0. The van der Waals surface area contributed by atoms with E-state index in [4.69, 9.17) is 0 Å². The van der Waals surface area contributed by atoms with Crippen LogP contribution in [0.15, 0.2) is 23.4 Å². The van der Waals surface area contributed by atoms with Gasteiger partial charge in [-0.3, -0.25) is 0 Å². The van der Waals surface area contributed by atoms with Gasteiger partial charge in [0.2, 0.25) is 0 Å². The van der Waals surface area contributed by atoms with Crippen LogP contribution in [-0.4, -0.2) is 12.7 Å². The molecule has 0 aromatic carbocycles. The van der Waals surface area contributed by atoms with Gasteiger partial charge in [-0.2, -0.15) is 13.2 Å². The molecule has 1 nitrogen and oxygen atoms in total. The van der Waals surface area contributed by atoms with Crippen molar-refractivity contribution in [2.24, 2.45) is 0 Å². The number of halogens is 3. The van der Waals surface area contributed by atoms with E-state index in [-0.39, 0.29) is 6.54 Å². The van der Waals surface area contributed by atoms with Gasteiger partial charge in [-0.25, -0.2) is 0 Å². The van der Waals surface area contributed by atoms with Gasteiger partial charge in [0.05, 0.1) is 5.57 Å². The van der Waals surface area contributed by atoms with E-state index < -0.39 is 11.7 Å². The molecule has 0 saturated carbocycles. The largest absolute Gasteiger partial charge is 0.416 e. The second kappa shape index (κ2) is 3.21. The Morgan fingerprint density at radius 3 is 2.58 bits per heavy atom. The van der Waals surface area contributed by atoms with Crippen LogP contribution in [0.25, 0.3) is 0 Å². The zero-order chi connectivity index (χ0) is 9.19. The van der Waals surface area contributed by atoms with Crippen molar-refractivity contribution in [3.8, 4) is 0 Å². The molecule has 0 aromatic rings. The van der Waals surface area contributed by atoms with Crippen LogP contribution in [0.5, 0.6) is 0 Å². The van der Waals surface area contributed by atoms with Crippen LogP contribution < -0.4 is 5.32 Å². The molecule has 1 heterocycles. The molecule has 1 aliphatic rings. The van der Waals surface area contributed by atoms with Gasteiger partial charge in [-0.1, -0.05) is 13.0 Å². The molecule has 1 N–H and O–H groups in total. The first-order valence-electron chi connectivity index (χ1n) is 3.76. The summed E-state index contributed by atoms with van der Waals surface area (Å²) in [5.74, 6) is 0. The second-order valence-corrected chi connectivity index (χ2v) is 2.55. The molecular weight excluding hydrogens is 167 g/mol. The highest BCUT2D eigenvalue weighted by molar-refractivity contribution is 5.36. The van der Waals surface area contributed by atoms with E-state index in [1.54, 1.807) is 6.92 Å². The summed E-state index contributed by atoms with van der Waals surface area (Å²) in [7, 11) is 0.